The predicted octanol–water partition coefficient (Wildman–Crippen LogP) is 4.46. The van der Waals surface area contributed by atoms with Gasteiger partial charge in [-0.1, -0.05) is 23.7 Å². The zero-order valence-corrected chi connectivity index (χ0v) is 11.3. The van der Waals surface area contributed by atoms with Gasteiger partial charge in [-0.15, -0.1) is 0 Å². The second kappa shape index (κ2) is 5.02. The van der Waals surface area contributed by atoms with Gasteiger partial charge < -0.3 is 5.11 Å². The first-order chi connectivity index (χ1) is 8.90. The third kappa shape index (κ3) is 2.61. The number of rotatable bonds is 2. The van der Waals surface area contributed by atoms with E-state index in [-0.39, 0.29) is 11.4 Å². The molecule has 2 aromatic carbocycles. The van der Waals surface area contributed by atoms with Crippen molar-refractivity contribution in [2.75, 3.05) is 0 Å². The standard InChI is InChI=1S/C15H12ClFO2/c1-8-5-10(6-9(2)14(8)15(18)19)12-7-11(16)3-4-13(12)17/h3-7H,1-2H3,(H,18,19). The van der Waals surface area contributed by atoms with Gasteiger partial charge in [0.2, 0.25) is 0 Å². The van der Waals surface area contributed by atoms with E-state index in [1.54, 1.807) is 26.0 Å². The number of carbonyl (C=O) groups is 1. The summed E-state index contributed by atoms with van der Waals surface area (Å²) in [6.07, 6.45) is 0. The lowest BCUT2D eigenvalue weighted by molar-refractivity contribution is 0.0695. The molecule has 2 nitrogen and oxygen atoms in total. The Morgan fingerprint density at radius 3 is 2.26 bits per heavy atom. The third-order valence-electron chi connectivity index (χ3n) is 2.99. The Balaban J connectivity index is 2.65. The minimum Gasteiger partial charge on any atom is -0.478 e. The average Bonchev–Trinajstić information content (AvgIpc) is 2.30. The highest BCUT2D eigenvalue weighted by molar-refractivity contribution is 6.30. The van der Waals surface area contributed by atoms with Gasteiger partial charge in [-0.25, -0.2) is 9.18 Å². The van der Waals surface area contributed by atoms with Gasteiger partial charge in [0.25, 0.3) is 0 Å². The van der Waals surface area contributed by atoms with Crippen molar-refractivity contribution in [2.45, 2.75) is 13.8 Å². The minimum absolute atomic E-state index is 0.256. The van der Waals surface area contributed by atoms with Crippen molar-refractivity contribution in [3.63, 3.8) is 0 Å². The molecule has 0 bridgehead atoms. The van der Waals surface area contributed by atoms with Crippen LogP contribution in [-0.4, -0.2) is 11.1 Å². The summed E-state index contributed by atoms with van der Waals surface area (Å²) in [5.74, 6) is -1.36. The van der Waals surface area contributed by atoms with E-state index in [9.17, 15) is 9.18 Å². The van der Waals surface area contributed by atoms with Crippen LogP contribution in [0.3, 0.4) is 0 Å². The molecule has 0 saturated heterocycles. The van der Waals surface area contributed by atoms with Crippen LogP contribution in [0.2, 0.25) is 5.02 Å². The fourth-order valence-corrected chi connectivity index (χ4v) is 2.35. The van der Waals surface area contributed by atoms with Crippen molar-refractivity contribution in [2.24, 2.45) is 0 Å². The van der Waals surface area contributed by atoms with Gasteiger partial charge in [0, 0.05) is 10.6 Å². The molecule has 0 heterocycles. The summed E-state index contributed by atoms with van der Waals surface area (Å²) >= 11 is 5.87. The van der Waals surface area contributed by atoms with Crippen molar-refractivity contribution in [1.29, 1.82) is 0 Å². The first-order valence-electron chi connectivity index (χ1n) is 5.70. The van der Waals surface area contributed by atoms with Gasteiger partial charge in [0.1, 0.15) is 5.82 Å². The molecule has 98 valence electrons. The Kier molecular flexibility index (Phi) is 3.58. The minimum atomic E-state index is -0.979. The van der Waals surface area contributed by atoms with E-state index in [4.69, 9.17) is 16.7 Å². The quantitative estimate of drug-likeness (QED) is 0.880. The molecule has 0 aromatic heterocycles. The van der Waals surface area contributed by atoms with Crippen LogP contribution in [0.5, 0.6) is 0 Å². The van der Waals surface area contributed by atoms with Crippen LogP contribution in [0.15, 0.2) is 30.3 Å². The summed E-state index contributed by atoms with van der Waals surface area (Å²) in [6, 6.07) is 7.63. The Morgan fingerprint density at radius 2 is 1.74 bits per heavy atom. The fraction of sp³-hybridized carbons (Fsp3) is 0.133. The van der Waals surface area contributed by atoms with Gasteiger partial charge in [0.05, 0.1) is 5.56 Å². The topological polar surface area (TPSA) is 37.3 Å². The molecule has 0 radical (unpaired) electrons. The van der Waals surface area contributed by atoms with E-state index < -0.39 is 5.97 Å². The number of hydrogen-bond acceptors (Lipinski definition) is 1. The summed E-state index contributed by atoms with van der Waals surface area (Å²) in [6.45, 7) is 3.39. The van der Waals surface area contributed by atoms with Crippen LogP contribution in [0.25, 0.3) is 11.1 Å². The maximum absolute atomic E-state index is 13.8. The molecule has 1 N–H and O–H groups in total. The van der Waals surface area contributed by atoms with Crippen LogP contribution in [0.1, 0.15) is 21.5 Å². The molecule has 19 heavy (non-hydrogen) atoms. The first kappa shape index (κ1) is 13.6. The molecule has 0 aliphatic heterocycles. The van der Waals surface area contributed by atoms with Crippen LogP contribution in [-0.2, 0) is 0 Å². The summed E-state index contributed by atoms with van der Waals surface area (Å²) in [5, 5.41) is 9.55. The van der Waals surface area contributed by atoms with Gasteiger partial charge >= 0.3 is 5.97 Å². The van der Waals surface area contributed by atoms with Gasteiger partial charge in [-0.05, 0) is 48.7 Å². The van der Waals surface area contributed by atoms with Crippen LogP contribution in [0.4, 0.5) is 4.39 Å². The highest BCUT2D eigenvalue weighted by atomic mass is 35.5. The van der Waals surface area contributed by atoms with Crippen LogP contribution >= 0.6 is 11.6 Å². The second-order valence-corrected chi connectivity index (χ2v) is 4.85. The van der Waals surface area contributed by atoms with E-state index in [1.165, 1.54) is 18.2 Å². The molecule has 0 spiro atoms. The molecule has 0 aliphatic carbocycles. The smallest absolute Gasteiger partial charge is 0.336 e. The number of hydrogen-bond donors (Lipinski definition) is 1. The van der Waals surface area contributed by atoms with Crippen molar-refractivity contribution in [3.8, 4) is 11.1 Å². The van der Waals surface area contributed by atoms with Gasteiger partial charge in [-0.2, -0.15) is 0 Å². The van der Waals surface area contributed by atoms with E-state index in [0.29, 0.717) is 27.3 Å². The molecule has 2 aromatic rings. The molecule has 0 saturated carbocycles. The fourth-order valence-electron chi connectivity index (χ4n) is 2.18. The SMILES string of the molecule is Cc1cc(-c2cc(Cl)ccc2F)cc(C)c1C(=O)O. The highest BCUT2D eigenvalue weighted by Crippen LogP contribution is 2.29. The van der Waals surface area contributed by atoms with E-state index in [0.717, 1.165) is 0 Å². The molecule has 0 unspecified atom stereocenters. The van der Waals surface area contributed by atoms with E-state index in [1.807, 2.05) is 0 Å². The third-order valence-corrected chi connectivity index (χ3v) is 3.22. The zero-order chi connectivity index (χ0) is 14.2. The summed E-state index contributed by atoms with van der Waals surface area (Å²) in [4.78, 5) is 11.1. The number of carboxylic acids is 1. The Bertz CT molecular complexity index is 642. The van der Waals surface area contributed by atoms with Crippen molar-refractivity contribution >= 4 is 17.6 Å². The van der Waals surface area contributed by atoms with Crippen LogP contribution < -0.4 is 0 Å². The molecule has 0 amide bonds. The lowest BCUT2D eigenvalue weighted by atomic mass is 9.95. The second-order valence-electron chi connectivity index (χ2n) is 4.41. The summed E-state index contributed by atoms with van der Waals surface area (Å²) < 4.78 is 13.8. The van der Waals surface area contributed by atoms with Gasteiger partial charge in [-0.3, -0.25) is 0 Å². The molecule has 0 atom stereocenters. The Morgan fingerprint density at radius 1 is 1.16 bits per heavy atom. The van der Waals surface area contributed by atoms with Crippen molar-refractivity contribution in [1.82, 2.24) is 0 Å². The monoisotopic (exact) mass is 278 g/mol. The summed E-state index contributed by atoms with van der Waals surface area (Å²) in [7, 11) is 0. The molecular weight excluding hydrogens is 267 g/mol. The van der Waals surface area contributed by atoms with Crippen LogP contribution in [0, 0.1) is 19.7 Å². The number of aromatic carboxylic acids is 1. The molecule has 2 rings (SSSR count). The number of benzene rings is 2. The molecule has 0 fully saturated rings. The maximum Gasteiger partial charge on any atom is 0.336 e. The highest BCUT2D eigenvalue weighted by Gasteiger charge is 2.14. The molecule has 0 aliphatic rings. The van der Waals surface area contributed by atoms with E-state index in [2.05, 4.69) is 0 Å². The lowest BCUT2D eigenvalue weighted by Crippen LogP contribution is -2.03. The number of halogens is 2. The lowest BCUT2D eigenvalue weighted by Gasteiger charge is -2.10. The average molecular weight is 279 g/mol. The predicted molar refractivity (Wildman–Crippen MR) is 73.3 cm³/mol. The van der Waals surface area contributed by atoms with Crippen molar-refractivity contribution < 1.29 is 14.3 Å². The normalized spacial score (nSPS) is 10.5. The summed E-state index contributed by atoms with van der Waals surface area (Å²) in [5.41, 5.74) is 2.45. The maximum atomic E-state index is 13.8. The zero-order valence-electron chi connectivity index (χ0n) is 10.5. The Hall–Kier alpha value is -1.87. The van der Waals surface area contributed by atoms with Gasteiger partial charge in [0.15, 0.2) is 0 Å². The first-order valence-corrected chi connectivity index (χ1v) is 6.08. The molecule has 4 heteroatoms. The number of aryl methyl sites for hydroxylation is 2. The molecular formula is C15H12ClFO2. The van der Waals surface area contributed by atoms with Crippen molar-refractivity contribution in [3.05, 3.63) is 57.9 Å². The Labute approximate surface area is 115 Å². The largest absolute Gasteiger partial charge is 0.478 e. The van der Waals surface area contributed by atoms with E-state index >= 15 is 0 Å². The number of carboxylic acid groups (broad SMARTS) is 1.